The Bertz CT molecular complexity index is 850. The first-order chi connectivity index (χ1) is 14.1. The monoisotopic (exact) mass is 443 g/mol. The smallest absolute Gasteiger partial charge is 0.377 e. The predicted octanol–water partition coefficient (Wildman–Crippen LogP) is 4.03. The van der Waals surface area contributed by atoms with Crippen LogP contribution in [0.2, 0.25) is 5.02 Å². The van der Waals surface area contributed by atoms with Crippen LogP contribution in [0.1, 0.15) is 20.3 Å². The third-order valence-corrected chi connectivity index (χ3v) is 5.33. The predicted molar refractivity (Wildman–Crippen MR) is 113 cm³/mol. The fraction of sp³-hybridized carbons (Fsp3) is 0.450. The van der Waals surface area contributed by atoms with Gasteiger partial charge in [0.2, 0.25) is 0 Å². The van der Waals surface area contributed by atoms with Gasteiger partial charge in [-0.25, -0.2) is 10.4 Å². The molecule has 0 spiro atoms. The summed E-state index contributed by atoms with van der Waals surface area (Å²) in [4.78, 5) is 8.53. The lowest BCUT2D eigenvalue weighted by Gasteiger charge is -2.49. The summed E-state index contributed by atoms with van der Waals surface area (Å²) in [5.41, 5.74) is 6.36. The minimum atomic E-state index is -4.49. The quantitative estimate of drug-likeness (QED) is 0.463. The van der Waals surface area contributed by atoms with Crippen molar-refractivity contribution in [1.29, 1.82) is 0 Å². The number of benzene rings is 1. The second kappa shape index (κ2) is 8.87. The first-order valence-electron chi connectivity index (χ1n) is 9.55. The first kappa shape index (κ1) is 22.5. The Kier molecular flexibility index (Phi) is 6.64. The van der Waals surface area contributed by atoms with Crippen LogP contribution in [0.4, 0.5) is 30.4 Å². The number of hydrazine groups is 1. The molecule has 1 aliphatic rings. The summed E-state index contributed by atoms with van der Waals surface area (Å²) >= 11 is 6.48. The zero-order valence-corrected chi connectivity index (χ0v) is 17.5. The number of aromatic nitrogens is 1. The molecule has 1 atom stereocenters. The van der Waals surface area contributed by atoms with Gasteiger partial charge in [0.1, 0.15) is 11.3 Å². The number of halogens is 4. The van der Waals surface area contributed by atoms with Gasteiger partial charge in [-0.05, 0) is 32.0 Å². The Morgan fingerprint density at radius 3 is 2.53 bits per heavy atom. The van der Waals surface area contributed by atoms with Gasteiger partial charge in [-0.3, -0.25) is 0 Å². The molecule has 1 saturated heterocycles. The van der Waals surface area contributed by atoms with E-state index in [4.69, 9.17) is 11.6 Å². The molecule has 1 aromatic carbocycles. The Morgan fingerprint density at radius 2 is 1.90 bits per heavy atom. The molecule has 1 fully saturated rings. The van der Waals surface area contributed by atoms with Crippen LogP contribution >= 0.6 is 11.6 Å². The first-order valence-corrected chi connectivity index (χ1v) is 9.93. The van der Waals surface area contributed by atoms with Gasteiger partial charge in [0.15, 0.2) is 5.82 Å². The molecule has 164 valence electrons. The molecule has 6 nitrogen and oxygen atoms in total. The normalized spacial score (nSPS) is 17.7. The zero-order chi connectivity index (χ0) is 21.9. The molecular formula is C20H25ClF3N5O. The van der Waals surface area contributed by atoms with Crippen LogP contribution in [-0.4, -0.2) is 47.7 Å². The Balaban J connectivity index is 1.70. The van der Waals surface area contributed by atoms with E-state index in [1.54, 1.807) is 6.07 Å². The number of hydrogen-bond acceptors (Lipinski definition) is 6. The zero-order valence-electron chi connectivity index (χ0n) is 16.7. The number of nitrogens with zero attached hydrogens (tertiary/aromatic N) is 3. The van der Waals surface area contributed by atoms with Crippen molar-refractivity contribution < 1.29 is 18.3 Å². The summed E-state index contributed by atoms with van der Waals surface area (Å²) in [6, 6.07) is 11.9. The van der Waals surface area contributed by atoms with Gasteiger partial charge >= 0.3 is 6.18 Å². The number of rotatable bonds is 6. The SMILES string of the molecule is CC1(C)CN(c2ccnc(NNC(O)CC(F)(F)F)c2Cl)CCN1c1ccccc1. The number of para-hydroxylation sites is 1. The van der Waals surface area contributed by atoms with Crippen molar-refractivity contribution in [2.75, 3.05) is 34.9 Å². The number of alkyl halides is 3. The number of aliphatic hydroxyl groups is 1. The lowest BCUT2D eigenvalue weighted by molar-refractivity contribution is -0.156. The average molecular weight is 444 g/mol. The minimum Gasteiger partial charge on any atom is -0.377 e. The molecule has 3 N–H and O–H groups in total. The molecular weight excluding hydrogens is 419 g/mol. The number of piperazine rings is 1. The molecule has 2 heterocycles. The van der Waals surface area contributed by atoms with E-state index in [2.05, 4.69) is 51.6 Å². The van der Waals surface area contributed by atoms with Crippen molar-refractivity contribution in [2.24, 2.45) is 0 Å². The molecule has 2 aromatic rings. The van der Waals surface area contributed by atoms with Gasteiger partial charge in [-0.15, -0.1) is 0 Å². The topological polar surface area (TPSA) is 63.7 Å². The number of aliphatic hydroxyl groups excluding tert-OH is 1. The molecule has 0 saturated carbocycles. The van der Waals surface area contributed by atoms with Crippen LogP contribution in [0, 0.1) is 0 Å². The Morgan fingerprint density at radius 1 is 1.20 bits per heavy atom. The number of pyridine rings is 1. The second-order valence-electron chi connectivity index (χ2n) is 7.82. The summed E-state index contributed by atoms with van der Waals surface area (Å²) in [6.07, 6.45) is -6.18. The standard InChI is InChI=1S/C20H25ClF3N5O/c1-19(2)13-28(10-11-29(19)14-6-4-3-5-7-14)15-8-9-25-18(17(15)21)27-26-16(30)12-20(22,23)24/h3-9,16,26,30H,10-13H2,1-2H3,(H,25,27). The fourth-order valence-electron chi connectivity index (χ4n) is 3.63. The molecule has 1 aromatic heterocycles. The summed E-state index contributed by atoms with van der Waals surface area (Å²) in [6.45, 7) is 6.48. The highest BCUT2D eigenvalue weighted by molar-refractivity contribution is 6.35. The van der Waals surface area contributed by atoms with Crippen LogP contribution in [-0.2, 0) is 0 Å². The molecule has 1 unspecified atom stereocenters. The highest BCUT2D eigenvalue weighted by Crippen LogP contribution is 2.35. The molecule has 30 heavy (non-hydrogen) atoms. The van der Waals surface area contributed by atoms with Crippen LogP contribution in [0.15, 0.2) is 42.6 Å². The summed E-state index contributed by atoms with van der Waals surface area (Å²) in [5.74, 6) is 0.152. The maximum atomic E-state index is 12.4. The largest absolute Gasteiger partial charge is 0.392 e. The van der Waals surface area contributed by atoms with E-state index in [0.29, 0.717) is 13.1 Å². The lowest BCUT2D eigenvalue weighted by Crippen LogP contribution is -2.59. The number of hydrogen-bond donors (Lipinski definition) is 3. The molecule has 0 radical (unpaired) electrons. The van der Waals surface area contributed by atoms with Crippen molar-refractivity contribution >= 4 is 28.8 Å². The van der Waals surface area contributed by atoms with Gasteiger partial charge in [-0.1, -0.05) is 29.8 Å². The van der Waals surface area contributed by atoms with Gasteiger partial charge in [0, 0.05) is 31.5 Å². The summed E-state index contributed by atoms with van der Waals surface area (Å²) < 4.78 is 37.1. The van der Waals surface area contributed by atoms with Crippen molar-refractivity contribution in [3.8, 4) is 0 Å². The van der Waals surface area contributed by atoms with Crippen LogP contribution in [0.3, 0.4) is 0 Å². The fourth-order valence-corrected chi connectivity index (χ4v) is 3.91. The van der Waals surface area contributed by atoms with Crippen LogP contribution < -0.4 is 20.7 Å². The van der Waals surface area contributed by atoms with E-state index in [9.17, 15) is 18.3 Å². The van der Waals surface area contributed by atoms with Gasteiger partial charge in [0.05, 0.1) is 17.6 Å². The second-order valence-corrected chi connectivity index (χ2v) is 8.20. The van der Waals surface area contributed by atoms with Crippen molar-refractivity contribution in [3.63, 3.8) is 0 Å². The van der Waals surface area contributed by atoms with Crippen molar-refractivity contribution in [1.82, 2.24) is 10.4 Å². The number of anilines is 3. The van der Waals surface area contributed by atoms with E-state index in [-0.39, 0.29) is 16.4 Å². The van der Waals surface area contributed by atoms with Crippen LogP contribution in [0.25, 0.3) is 0 Å². The highest BCUT2D eigenvalue weighted by Gasteiger charge is 2.35. The highest BCUT2D eigenvalue weighted by atomic mass is 35.5. The third kappa shape index (κ3) is 5.47. The van der Waals surface area contributed by atoms with E-state index in [1.807, 2.05) is 18.2 Å². The summed E-state index contributed by atoms with van der Waals surface area (Å²) in [7, 11) is 0. The average Bonchev–Trinajstić information content (AvgIpc) is 2.65. The third-order valence-electron chi connectivity index (χ3n) is 4.96. The van der Waals surface area contributed by atoms with Gasteiger partial charge in [0.25, 0.3) is 0 Å². The minimum absolute atomic E-state index is 0.152. The molecule has 3 rings (SSSR count). The summed E-state index contributed by atoms with van der Waals surface area (Å²) in [5, 5.41) is 9.75. The maximum absolute atomic E-state index is 12.4. The van der Waals surface area contributed by atoms with E-state index in [0.717, 1.165) is 17.9 Å². The Hall–Kier alpha value is -2.23. The number of nitrogens with one attached hydrogen (secondary N) is 2. The van der Waals surface area contributed by atoms with E-state index < -0.39 is 18.8 Å². The van der Waals surface area contributed by atoms with Crippen molar-refractivity contribution in [3.05, 3.63) is 47.6 Å². The molecule has 0 bridgehead atoms. The Labute approximate surface area is 178 Å². The molecule has 1 aliphatic heterocycles. The lowest BCUT2D eigenvalue weighted by atomic mass is 9.97. The van der Waals surface area contributed by atoms with Crippen molar-refractivity contribution in [2.45, 2.75) is 38.2 Å². The van der Waals surface area contributed by atoms with Gasteiger partial charge < -0.3 is 20.3 Å². The van der Waals surface area contributed by atoms with Crippen LogP contribution in [0.5, 0.6) is 0 Å². The van der Waals surface area contributed by atoms with Gasteiger partial charge in [-0.2, -0.15) is 13.2 Å². The molecule has 0 amide bonds. The van der Waals surface area contributed by atoms with E-state index >= 15 is 0 Å². The molecule has 10 heteroatoms. The molecule has 0 aliphatic carbocycles. The van der Waals surface area contributed by atoms with E-state index in [1.165, 1.54) is 6.20 Å². The maximum Gasteiger partial charge on any atom is 0.392 e.